The molecule has 0 heterocycles. The van der Waals surface area contributed by atoms with Crippen LogP contribution in [0, 0.1) is 11.8 Å². The predicted octanol–water partition coefficient (Wildman–Crippen LogP) is 3.06. The van der Waals surface area contributed by atoms with Gasteiger partial charge in [0.15, 0.2) is 0 Å². The molecule has 1 nitrogen and oxygen atoms in total. The third-order valence-electron chi connectivity index (χ3n) is 1.53. The lowest BCUT2D eigenvalue weighted by atomic mass is 10.2. The summed E-state index contributed by atoms with van der Waals surface area (Å²) >= 11 is 5.45. The maximum Gasteiger partial charge on any atom is 0.119 e. The van der Waals surface area contributed by atoms with Crippen molar-refractivity contribution in [1.29, 1.82) is 0 Å². The topological polar surface area (TPSA) is 9.23 Å². The number of benzene rings is 1. The van der Waals surface area contributed by atoms with Crippen molar-refractivity contribution in [2.75, 3.05) is 5.88 Å². The van der Waals surface area contributed by atoms with Gasteiger partial charge in [-0.2, -0.15) is 0 Å². The Hall–Kier alpha value is -1.13. The molecule has 0 aliphatic rings. The van der Waals surface area contributed by atoms with Crippen molar-refractivity contribution in [3.8, 4) is 17.6 Å². The summed E-state index contributed by atoms with van der Waals surface area (Å²) in [5.41, 5.74) is 0.960. The van der Waals surface area contributed by atoms with E-state index in [-0.39, 0.29) is 6.10 Å². The molecular formula is C12H13ClO. The summed E-state index contributed by atoms with van der Waals surface area (Å²) in [6.07, 6.45) is 0.203. The molecule has 1 rings (SSSR count). The molecule has 0 bridgehead atoms. The van der Waals surface area contributed by atoms with E-state index in [2.05, 4.69) is 11.8 Å². The lowest BCUT2D eigenvalue weighted by molar-refractivity contribution is 0.242. The Kier molecular flexibility index (Phi) is 4.35. The number of hydrogen-bond donors (Lipinski definition) is 0. The first kappa shape index (κ1) is 10.9. The first-order valence-corrected chi connectivity index (χ1v) is 5.07. The highest BCUT2D eigenvalue weighted by Crippen LogP contribution is 2.12. The normalized spacial score (nSPS) is 9.43. The Balaban J connectivity index is 2.68. The van der Waals surface area contributed by atoms with Crippen molar-refractivity contribution in [1.82, 2.24) is 0 Å². The lowest BCUT2D eigenvalue weighted by Crippen LogP contribution is -2.05. The average molecular weight is 209 g/mol. The summed E-state index contributed by atoms with van der Waals surface area (Å²) in [6.45, 7) is 4.00. The van der Waals surface area contributed by atoms with Gasteiger partial charge in [-0.1, -0.05) is 11.8 Å². The van der Waals surface area contributed by atoms with Crippen LogP contribution < -0.4 is 4.74 Å². The molecular weight excluding hydrogens is 196 g/mol. The maximum absolute atomic E-state index is 5.50. The molecule has 0 atom stereocenters. The van der Waals surface area contributed by atoms with E-state index in [9.17, 15) is 0 Å². The summed E-state index contributed by atoms with van der Waals surface area (Å²) < 4.78 is 5.50. The zero-order chi connectivity index (χ0) is 10.4. The molecule has 0 N–H and O–H groups in total. The quantitative estimate of drug-likeness (QED) is 0.536. The van der Waals surface area contributed by atoms with Crippen LogP contribution in [0.3, 0.4) is 0 Å². The number of halogens is 1. The van der Waals surface area contributed by atoms with Gasteiger partial charge in [0.2, 0.25) is 0 Å². The monoisotopic (exact) mass is 208 g/mol. The van der Waals surface area contributed by atoms with Crippen LogP contribution in [-0.4, -0.2) is 12.0 Å². The van der Waals surface area contributed by atoms with Gasteiger partial charge in [0.1, 0.15) is 5.75 Å². The van der Waals surface area contributed by atoms with Crippen LogP contribution in [0.15, 0.2) is 24.3 Å². The van der Waals surface area contributed by atoms with E-state index in [0.29, 0.717) is 5.88 Å². The van der Waals surface area contributed by atoms with Crippen molar-refractivity contribution >= 4 is 11.6 Å². The molecule has 1 aromatic rings. The van der Waals surface area contributed by atoms with Gasteiger partial charge in [0.25, 0.3) is 0 Å². The van der Waals surface area contributed by atoms with E-state index < -0.39 is 0 Å². The summed E-state index contributed by atoms with van der Waals surface area (Å²) in [6, 6.07) is 7.69. The second-order valence-electron chi connectivity index (χ2n) is 3.13. The molecule has 0 aromatic heterocycles. The highest BCUT2D eigenvalue weighted by atomic mass is 35.5. The second-order valence-corrected chi connectivity index (χ2v) is 3.39. The second kappa shape index (κ2) is 5.57. The van der Waals surface area contributed by atoms with E-state index in [1.807, 2.05) is 38.1 Å². The van der Waals surface area contributed by atoms with E-state index in [1.54, 1.807) is 0 Å². The van der Waals surface area contributed by atoms with Gasteiger partial charge in [0.05, 0.1) is 12.0 Å². The largest absolute Gasteiger partial charge is 0.491 e. The average Bonchev–Trinajstić information content (AvgIpc) is 2.16. The Morgan fingerprint density at radius 3 is 2.43 bits per heavy atom. The molecule has 74 valence electrons. The minimum absolute atomic E-state index is 0.203. The van der Waals surface area contributed by atoms with Crippen LogP contribution in [0.1, 0.15) is 19.4 Å². The van der Waals surface area contributed by atoms with Crippen molar-refractivity contribution in [2.45, 2.75) is 20.0 Å². The van der Waals surface area contributed by atoms with Crippen LogP contribution in [0.25, 0.3) is 0 Å². The smallest absolute Gasteiger partial charge is 0.119 e. The first-order valence-electron chi connectivity index (χ1n) is 4.54. The summed E-state index contributed by atoms with van der Waals surface area (Å²) in [7, 11) is 0. The Morgan fingerprint density at radius 1 is 1.29 bits per heavy atom. The van der Waals surface area contributed by atoms with Crippen molar-refractivity contribution in [3.63, 3.8) is 0 Å². The molecule has 0 spiro atoms. The third kappa shape index (κ3) is 3.72. The zero-order valence-corrected chi connectivity index (χ0v) is 9.14. The molecule has 0 unspecified atom stereocenters. The van der Waals surface area contributed by atoms with Gasteiger partial charge in [-0.3, -0.25) is 0 Å². The van der Waals surface area contributed by atoms with E-state index in [1.165, 1.54) is 0 Å². The van der Waals surface area contributed by atoms with Gasteiger partial charge in [-0.15, -0.1) is 11.6 Å². The van der Waals surface area contributed by atoms with Crippen LogP contribution in [0.2, 0.25) is 0 Å². The van der Waals surface area contributed by atoms with Crippen LogP contribution in [0.5, 0.6) is 5.75 Å². The van der Waals surface area contributed by atoms with Crippen molar-refractivity contribution in [2.24, 2.45) is 0 Å². The number of hydrogen-bond acceptors (Lipinski definition) is 1. The van der Waals surface area contributed by atoms with Gasteiger partial charge >= 0.3 is 0 Å². The van der Waals surface area contributed by atoms with E-state index in [4.69, 9.17) is 16.3 Å². The van der Waals surface area contributed by atoms with E-state index >= 15 is 0 Å². The summed E-state index contributed by atoms with van der Waals surface area (Å²) in [5.74, 6) is 6.97. The molecule has 0 radical (unpaired) electrons. The SMILES string of the molecule is CC(C)Oc1ccc(C#CCCl)cc1. The highest BCUT2D eigenvalue weighted by molar-refractivity contribution is 6.19. The molecule has 0 aliphatic carbocycles. The fraction of sp³-hybridized carbons (Fsp3) is 0.333. The number of ether oxygens (including phenoxy) is 1. The molecule has 2 heteroatoms. The van der Waals surface area contributed by atoms with Gasteiger partial charge in [-0.25, -0.2) is 0 Å². The molecule has 1 aromatic carbocycles. The van der Waals surface area contributed by atoms with Crippen LogP contribution in [0.4, 0.5) is 0 Å². The van der Waals surface area contributed by atoms with Crippen molar-refractivity contribution in [3.05, 3.63) is 29.8 Å². The zero-order valence-electron chi connectivity index (χ0n) is 8.38. The number of alkyl halides is 1. The Labute approximate surface area is 90.0 Å². The van der Waals surface area contributed by atoms with E-state index in [0.717, 1.165) is 11.3 Å². The van der Waals surface area contributed by atoms with Crippen LogP contribution in [-0.2, 0) is 0 Å². The molecule has 14 heavy (non-hydrogen) atoms. The predicted molar refractivity (Wildman–Crippen MR) is 59.8 cm³/mol. The molecule has 0 saturated heterocycles. The Bertz CT molecular complexity index is 330. The molecule has 0 saturated carbocycles. The fourth-order valence-corrected chi connectivity index (χ4v) is 1.09. The van der Waals surface area contributed by atoms with Crippen LogP contribution >= 0.6 is 11.6 Å². The lowest BCUT2D eigenvalue weighted by Gasteiger charge is -2.08. The molecule has 0 amide bonds. The Morgan fingerprint density at radius 2 is 1.93 bits per heavy atom. The fourth-order valence-electron chi connectivity index (χ4n) is 1.02. The molecule has 0 fully saturated rings. The van der Waals surface area contributed by atoms with Gasteiger partial charge < -0.3 is 4.74 Å². The number of rotatable bonds is 2. The summed E-state index contributed by atoms with van der Waals surface area (Å²) in [4.78, 5) is 0. The minimum Gasteiger partial charge on any atom is -0.491 e. The third-order valence-corrected chi connectivity index (χ3v) is 1.66. The van der Waals surface area contributed by atoms with Crippen molar-refractivity contribution < 1.29 is 4.74 Å². The maximum atomic E-state index is 5.50. The minimum atomic E-state index is 0.203. The molecule has 0 aliphatic heterocycles. The first-order chi connectivity index (χ1) is 6.72. The van der Waals surface area contributed by atoms with Gasteiger partial charge in [0, 0.05) is 5.56 Å². The van der Waals surface area contributed by atoms with Gasteiger partial charge in [-0.05, 0) is 38.1 Å². The standard InChI is InChI=1S/C12H13ClO/c1-10(2)14-12-7-5-11(6-8-12)4-3-9-13/h5-8,10H,9H2,1-2H3. The summed E-state index contributed by atoms with van der Waals surface area (Å²) in [5, 5.41) is 0. The highest BCUT2D eigenvalue weighted by Gasteiger charge is 1.95.